The van der Waals surface area contributed by atoms with E-state index in [0.717, 1.165) is 4.47 Å². The minimum atomic E-state index is -2.14. The maximum Gasteiger partial charge on any atom is 0.286 e. The molecule has 1 rings (SSSR count). The van der Waals surface area contributed by atoms with Crippen LogP contribution in [0, 0.1) is 0 Å². The van der Waals surface area contributed by atoms with Crippen molar-refractivity contribution in [2.75, 3.05) is 11.1 Å². The number of rotatable bonds is 4. The van der Waals surface area contributed by atoms with E-state index >= 15 is 0 Å². The van der Waals surface area contributed by atoms with Gasteiger partial charge in [0.15, 0.2) is 0 Å². The van der Waals surface area contributed by atoms with Crippen molar-refractivity contribution in [3.8, 4) is 0 Å². The molecule has 0 saturated heterocycles. The van der Waals surface area contributed by atoms with Crippen LogP contribution in [0.3, 0.4) is 0 Å². The van der Waals surface area contributed by atoms with Gasteiger partial charge in [-0.05, 0) is 19.1 Å². The highest BCUT2D eigenvalue weighted by Crippen LogP contribution is 2.14. The second-order valence-electron chi connectivity index (χ2n) is 2.24. The number of benzene rings is 1. The van der Waals surface area contributed by atoms with Crippen molar-refractivity contribution < 1.29 is 13.6 Å². The SMILES string of the molecule is CCON(c1ccccc1)S(=O)O. The van der Waals surface area contributed by atoms with E-state index in [2.05, 4.69) is 0 Å². The van der Waals surface area contributed by atoms with Crippen molar-refractivity contribution in [3.05, 3.63) is 30.3 Å². The molecule has 0 fully saturated rings. The van der Waals surface area contributed by atoms with Crippen molar-refractivity contribution in [1.29, 1.82) is 0 Å². The highest BCUT2D eigenvalue weighted by Gasteiger charge is 2.11. The molecule has 4 nitrogen and oxygen atoms in total. The first-order chi connectivity index (χ1) is 6.25. The second kappa shape index (κ2) is 4.96. The van der Waals surface area contributed by atoms with Gasteiger partial charge < -0.3 is 0 Å². The summed E-state index contributed by atoms with van der Waals surface area (Å²) in [4.78, 5) is 4.97. The van der Waals surface area contributed by atoms with Crippen LogP contribution in [0.4, 0.5) is 5.69 Å². The number of para-hydroxylation sites is 1. The third-order valence-electron chi connectivity index (χ3n) is 1.36. The lowest BCUT2D eigenvalue weighted by Crippen LogP contribution is -2.25. The lowest BCUT2D eigenvalue weighted by Gasteiger charge is -2.17. The van der Waals surface area contributed by atoms with E-state index in [9.17, 15) is 4.21 Å². The molecule has 0 bridgehead atoms. The third kappa shape index (κ3) is 2.80. The zero-order valence-electron chi connectivity index (χ0n) is 7.21. The van der Waals surface area contributed by atoms with E-state index in [-0.39, 0.29) is 0 Å². The van der Waals surface area contributed by atoms with Crippen molar-refractivity contribution in [3.63, 3.8) is 0 Å². The molecule has 5 heteroatoms. The van der Waals surface area contributed by atoms with Gasteiger partial charge in [0.1, 0.15) is 0 Å². The van der Waals surface area contributed by atoms with Crippen LogP contribution >= 0.6 is 0 Å². The largest absolute Gasteiger partial charge is 0.288 e. The number of hydrogen-bond acceptors (Lipinski definition) is 2. The van der Waals surface area contributed by atoms with E-state index < -0.39 is 11.3 Å². The Kier molecular flexibility index (Phi) is 3.88. The van der Waals surface area contributed by atoms with Crippen LogP contribution in [-0.2, 0) is 16.1 Å². The van der Waals surface area contributed by atoms with E-state index in [4.69, 9.17) is 9.39 Å². The van der Waals surface area contributed by atoms with E-state index in [1.54, 1.807) is 31.2 Å². The van der Waals surface area contributed by atoms with Crippen LogP contribution in [0.2, 0.25) is 0 Å². The van der Waals surface area contributed by atoms with Gasteiger partial charge in [0, 0.05) is 0 Å². The molecule has 1 atom stereocenters. The van der Waals surface area contributed by atoms with Gasteiger partial charge in [0.05, 0.1) is 12.3 Å². The molecule has 0 spiro atoms. The summed E-state index contributed by atoms with van der Waals surface area (Å²) in [6.45, 7) is 2.10. The maximum absolute atomic E-state index is 10.8. The molecule has 0 radical (unpaired) electrons. The fraction of sp³-hybridized carbons (Fsp3) is 0.250. The van der Waals surface area contributed by atoms with Gasteiger partial charge in [0.25, 0.3) is 11.3 Å². The van der Waals surface area contributed by atoms with E-state index in [1.165, 1.54) is 0 Å². The van der Waals surface area contributed by atoms with Gasteiger partial charge in [-0.1, -0.05) is 18.2 Å². The fourth-order valence-corrected chi connectivity index (χ4v) is 1.37. The fourth-order valence-electron chi connectivity index (χ4n) is 0.877. The monoisotopic (exact) mass is 201 g/mol. The maximum atomic E-state index is 10.8. The number of nitrogens with zero attached hydrogens (tertiary/aromatic N) is 1. The van der Waals surface area contributed by atoms with Crippen molar-refractivity contribution in [2.45, 2.75) is 6.92 Å². The third-order valence-corrected chi connectivity index (χ3v) is 1.96. The summed E-state index contributed by atoms with van der Waals surface area (Å²) >= 11 is -2.14. The molecule has 1 unspecified atom stereocenters. The summed E-state index contributed by atoms with van der Waals surface area (Å²) in [7, 11) is 0. The van der Waals surface area contributed by atoms with Crippen LogP contribution in [0.1, 0.15) is 6.92 Å². The predicted molar refractivity (Wildman–Crippen MR) is 51.3 cm³/mol. The Hall–Kier alpha value is -0.910. The lowest BCUT2D eigenvalue weighted by molar-refractivity contribution is 0.161. The van der Waals surface area contributed by atoms with Crippen LogP contribution in [0.5, 0.6) is 0 Å². The Labute approximate surface area is 79.5 Å². The smallest absolute Gasteiger partial charge is 0.286 e. The first kappa shape index (κ1) is 10.2. The Bertz CT molecular complexity index is 278. The van der Waals surface area contributed by atoms with Crippen LogP contribution in [-0.4, -0.2) is 15.4 Å². The summed E-state index contributed by atoms with van der Waals surface area (Å²) in [6.07, 6.45) is 0. The van der Waals surface area contributed by atoms with Gasteiger partial charge in [-0.15, -0.1) is 4.47 Å². The van der Waals surface area contributed by atoms with Crippen molar-refractivity contribution in [2.24, 2.45) is 0 Å². The van der Waals surface area contributed by atoms with Crippen LogP contribution in [0.15, 0.2) is 30.3 Å². The first-order valence-corrected chi connectivity index (χ1v) is 4.91. The molecule has 0 aliphatic rings. The highest BCUT2D eigenvalue weighted by molar-refractivity contribution is 7.80. The molecule has 13 heavy (non-hydrogen) atoms. The van der Waals surface area contributed by atoms with Crippen LogP contribution in [0.25, 0.3) is 0 Å². The molecule has 1 aromatic carbocycles. The molecule has 0 heterocycles. The Morgan fingerprint density at radius 3 is 2.54 bits per heavy atom. The summed E-state index contributed by atoms with van der Waals surface area (Å²) in [5.41, 5.74) is 0.560. The van der Waals surface area contributed by atoms with Gasteiger partial charge in [-0.2, -0.15) is 0 Å². The Morgan fingerprint density at radius 2 is 2.08 bits per heavy atom. The van der Waals surface area contributed by atoms with Gasteiger partial charge in [0.2, 0.25) is 0 Å². The van der Waals surface area contributed by atoms with Crippen LogP contribution < -0.4 is 4.47 Å². The number of anilines is 1. The average molecular weight is 201 g/mol. The van der Waals surface area contributed by atoms with Gasteiger partial charge in [-0.25, -0.2) is 4.21 Å². The van der Waals surface area contributed by atoms with Crippen molar-refractivity contribution >= 4 is 17.0 Å². The molecular formula is C8H11NO3S. The molecule has 1 aromatic rings. The molecule has 0 aliphatic heterocycles. The van der Waals surface area contributed by atoms with Crippen molar-refractivity contribution in [1.82, 2.24) is 0 Å². The van der Waals surface area contributed by atoms with Gasteiger partial charge in [-0.3, -0.25) is 9.39 Å². The first-order valence-electron chi connectivity index (χ1n) is 3.84. The summed E-state index contributed by atoms with van der Waals surface area (Å²) in [5.74, 6) is 0. The molecule has 1 N–H and O–H groups in total. The quantitative estimate of drug-likeness (QED) is 0.594. The highest BCUT2D eigenvalue weighted by atomic mass is 32.2. The van der Waals surface area contributed by atoms with Gasteiger partial charge >= 0.3 is 0 Å². The molecule has 72 valence electrons. The normalized spacial score (nSPS) is 12.5. The summed E-state index contributed by atoms with van der Waals surface area (Å²) in [6, 6.07) is 8.77. The summed E-state index contributed by atoms with van der Waals surface area (Å²) < 4.78 is 20.6. The molecular weight excluding hydrogens is 190 g/mol. The standard InChI is InChI=1S/C8H11NO3S/c1-2-12-9(13(10)11)8-6-4-3-5-7-8/h3-7H,2H2,1H3,(H,10,11). The molecule has 0 aliphatic carbocycles. The lowest BCUT2D eigenvalue weighted by atomic mass is 10.3. The second-order valence-corrected chi connectivity index (χ2v) is 3.03. The van der Waals surface area contributed by atoms with E-state index in [1.807, 2.05) is 6.07 Å². The average Bonchev–Trinajstić information content (AvgIpc) is 2.15. The number of hydrogen-bond donors (Lipinski definition) is 1. The molecule has 0 saturated carbocycles. The van der Waals surface area contributed by atoms with E-state index in [0.29, 0.717) is 12.3 Å². The summed E-state index contributed by atoms with van der Waals surface area (Å²) in [5, 5.41) is 0. The molecule has 0 aromatic heterocycles. The zero-order chi connectivity index (χ0) is 9.68. The topological polar surface area (TPSA) is 49.8 Å². The Balaban J connectivity index is 2.82. The minimum absolute atomic E-state index is 0.348. The Morgan fingerprint density at radius 1 is 1.46 bits per heavy atom. The minimum Gasteiger partial charge on any atom is -0.288 e. The molecule has 0 amide bonds. The zero-order valence-corrected chi connectivity index (χ0v) is 8.03. The predicted octanol–water partition coefficient (Wildman–Crippen LogP) is 1.58.